The molecule has 2 aromatic rings. The molecule has 0 saturated heterocycles. The number of nitrogens with one attached hydrogen (secondary N) is 1. The van der Waals surface area contributed by atoms with Crippen LogP contribution in [0, 0.1) is 0 Å². The number of benzene rings is 1. The largest absolute Gasteiger partial charge is 0.326 e. The molecule has 1 aromatic carbocycles. The highest BCUT2D eigenvalue weighted by atomic mass is 35.5. The zero-order valence-electron chi connectivity index (χ0n) is 16.3. The summed E-state index contributed by atoms with van der Waals surface area (Å²) in [6, 6.07) is 6.94. The van der Waals surface area contributed by atoms with E-state index in [0.29, 0.717) is 34.5 Å². The Morgan fingerprint density at radius 1 is 1.18 bits per heavy atom. The van der Waals surface area contributed by atoms with Gasteiger partial charge in [-0.2, -0.15) is 0 Å². The molecule has 0 radical (unpaired) electrons. The van der Waals surface area contributed by atoms with Crippen molar-refractivity contribution in [3.63, 3.8) is 0 Å². The third kappa shape index (κ3) is 7.75. The van der Waals surface area contributed by atoms with Gasteiger partial charge in [-0.15, -0.1) is 23.7 Å². The van der Waals surface area contributed by atoms with Crippen molar-refractivity contribution in [3.8, 4) is 0 Å². The van der Waals surface area contributed by atoms with Crippen molar-refractivity contribution in [2.45, 2.75) is 26.2 Å². The molecule has 2 amide bonds. The number of hydrogen-bond donors (Lipinski definition) is 1. The molecule has 0 aliphatic heterocycles. The monoisotopic (exact) mass is 444 g/mol. The van der Waals surface area contributed by atoms with E-state index < -0.39 is 0 Å². The fraction of sp³-hybridized carbons (Fsp3) is 0.421. The van der Waals surface area contributed by atoms with Crippen molar-refractivity contribution < 1.29 is 9.59 Å². The Kier molecular flexibility index (Phi) is 10.5. The SMILES string of the molecule is CCC(=O)N(CCCN(C)C)c1nc(CC(=O)Nc2ccc(Cl)cc2)cs1.Cl. The normalized spacial score (nSPS) is 10.5. The van der Waals surface area contributed by atoms with Crippen LogP contribution in [0.2, 0.25) is 5.02 Å². The molecule has 154 valence electrons. The first kappa shape index (κ1) is 24.4. The Morgan fingerprint density at radius 3 is 2.46 bits per heavy atom. The van der Waals surface area contributed by atoms with E-state index in [4.69, 9.17) is 11.6 Å². The molecule has 0 spiro atoms. The lowest BCUT2D eigenvalue weighted by Gasteiger charge is -2.20. The summed E-state index contributed by atoms with van der Waals surface area (Å²) in [5.41, 5.74) is 1.34. The van der Waals surface area contributed by atoms with Crippen LogP contribution in [0.3, 0.4) is 0 Å². The lowest BCUT2D eigenvalue weighted by molar-refractivity contribution is -0.118. The van der Waals surface area contributed by atoms with Gasteiger partial charge in [-0.1, -0.05) is 18.5 Å². The Labute approximate surface area is 181 Å². The van der Waals surface area contributed by atoms with Gasteiger partial charge in [0.1, 0.15) is 0 Å². The molecule has 0 aliphatic carbocycles. The zero-order valence-corrected chi connectivity index (χ0v) is 18.7. The van der Waals surface area contributed by atoms with E-state index >= 15 is 0 Å². The summed E-state index contributed by atoms with van der Waals surface area (Å²) in [4.78, 5) is 32.8. The number of amides is 2. The van der Waals surface area contributed by atoms with E-state index in [9.17, 15) is 9.59 Å². The van der Waals surface area contributed by atoms with Crippen LogP contribution in [-0.2, 0) is 16.0 Å². The number of aromatic nitrogens is 1. The van der Waals surface area contributed by atoms with Crippen LogP contribution < -0.4 is 10.2 Å². The second kappa shape index (κ2) is 12.0. The van der Waals surface area contributed by atoms with Crippen molar-refractivity contribution in [3.05, 3.63) is 40.4 Å². The lowest BCUT2D eigenvalue weighted by Crippen LogP contribution is -2.32. The minimum absolute atomic E-state index is 0. The molecule has 28 heavy (non-hydrogen) atoms. The molecule has 0 fully saturated rings. The van der Waals surface area contributed by atoms with Gasteiger partial charge in [0.2, 0.25) is 11.8 Å². The number of carbonyl (C=O) groups is 2. The standard InChI is InChI=1S/C19H25ClN4O2S.ClH/c1-4-18(26)24(11-5-10-23(2)3)19-22-16(13-27-19)12-17(25)21-15-8-6-14(20)7-9-15;/h6-9,13H,4-5,10-12H2,1-3H3,(H,21,25);1H. The van der Waals surface area contributed by atoms with Crippen molar-refractivity contribution in [1.29, 1.82) is 0 Å². The topological polar surface area (TPSA) is 65.5 Å². The Morgan fingerprint density at radius 2 is 1.86 bits per heavy atom. The molecule has 0 bridgehead atoms. The van der Waals surface area contributed by atoms with Crippen LogP contribution in [0.1, 0.15) is 25.5 Å². The summed E-state index contributed by atoms with van der Waals surface area (Å²) in [6.45, 7) is 3.36. The second-order valence-electron chi connectivity index (χ2n) is 6.41. The fourth-order valence-corrected chi connectivity index (χ4v) is 3.46. The maximum atomic E-state index is 12.3. The molecule has 9 heteroatoms. The van der Waals surface area contributed by atoms with Crippen LogP contribution in [-0.4, -0.2) is 48.9 Å². The predicted octanol–water partition coefficient (Wildman–Crippen LogP) is 4.09. The number of hydrogen-bond acceptors (Lipinski definition) is 5. The molecular formula is C19H26Cl2N4O2S. The fourth-order valence-electron chi connectivity index (χ4n) is 2.47. The van der Waals surface area contributed by atoms with Gasteiger partial charge in [0.25, 0.3) is 0 Å². The first-order valence-electron chi connectivity index (χ1n) is 8.84. The molecule has 2 rings (SSSR count). The highest BCUT2D eigenvalue weighted by Crippen LogP contribution is 2.22. The molecule has 0 aliphatic rings. The van der Waals surface area contributed by atoms with Gasteiger partial charge in [0, 0.05) is 29.1 Å². The Hall–Kier alpha value is -1.67. The number of rotatable bonds is 9. The van der Waals surface area contributed by atoms with E-state index in [-0.39, 0.29) is 30.6 Å². The number of halogens is 2. The van der Waals surface area contributed by atoms with Gasteiger partial charge in [-0.25, -0.2) is 4.98 Å². The van der Waals surface area contributed by atoms with Gasteiger partial charge >= 0.3 is 0 Å². The summed E-state index contributed by atoms with van der Waals surface area (Å²) in [7, 11) is 4.01. The van der Waals surface area contributed by atoms with Gasteiger partial charge in [0.05, 0.1) is 12.1 Å². The first-order chi connectivity index (χ1) is 12.9. The second-order valence-corrected chi connectivity index (χ2v) is 7.68. The first-order valence-corrected chi connectivity index (χ1v) is 10.1. The molecule has 1 heterocycles. The van der Waals surface area contributed by atoms with Crippen LogP contribution in [0.25, 0.3) is 0 Å². The summed E-state index contributed by atoms with van der Waals surface area (Å²) in [6.07, 6.45) is 1.45. The molecule has 6 nitrogen and oxygen atoms in total. The average Bonchev–Trinajstić information content (AvgIpc) is 3.07. The van der Waals surface area contributed by atoms with Crippen LogP contribution in [0.5, 0.6) is 0 Å². The van der Waals surface area contributed by atoms with Crippen LogP contribution in [0.4, 0.5) is 10.8 Å². The Bertz CT molecular complexity index is 766. The van der Waals surface area contributed by atoms with Gasteiger partial charge < -0.3 is 10.2 Å². The molecule has 0 saturated carbocycles. The summed E-state index contributed by atoms with van der Waals surface area (Å²) in [5.74, 6) is -0.115. The van der Waals surface area contributed by atoms with E-state index in [2.05, 4.69) is 15.2 Å². The highest BCUT2D eigenvalue weighted by molar-refractivity contribution is 7.14. The Balaban J connectivity index is 0.00000392. The van der Waals surface area contributed by atoms with Crippen LogP contribution in [0.15, 0.2) is 29.6 Å². The van der Waals surface area contributed by atoms with Crippen molar-refractivity contribution >= 4 is 58.0 Å². The minimum Gasteiger partial charge on any atom is -0.326 e. The molecule has 1 aromatic heterocycles. The summed E-state index contributed by atoms with van der Waals surface area (Å²) < 4.78 is 0. The quantitative estimate of drug-likeness (QED) is 0.632. The minimum atomic E-state index is -0.157. The third-order valence-electron chi connectivity index (χ3n) is 3.83. The number of anilines is 2. The molecule has 1 N–H and O–H groups in total. The van der Waals surface area contributed by atoms with E-state index in [1.165, 1.54) is 11.3 Å². The molecular weight excluding hydrogens is 419 g/mol. The molecule has 0 unspecified atom stereocenters. The number of carbonyl (C=O) groups excluding carboxylic acids is 2. The predicted molar refractivity (Wildman–Crippen MR) is 119 cm³/mol. The van der Waals surface area contributed by atoms with Crippen molar-refractivity contribution in [2.24, 2.45) is 0 Å². The van der Waals surface area contributed by atoms with E-state index in [0.717, 1.165) is 13.0 Å². The maximum absolute atomic E-state index is 12.3. The average molecular weight is 445 g/mol. The van der Waals surface area contributed by atoms with E-state index in [1.807, 2.05) is 26.4 Å². The van der Waals surface area contributed by atoms with Crippen molar-refractivity contribution in [2.75, 3.05) is 37.4 Å². The van der Waals surface area contributed by atoms with Crippen molar-refractivity contribution in [1.82, 2.24) is 9.88 Å². The van der Waals surface area contributed by atoms with Gasteiger partial charge in [0.15, 0.2) is 5.13 Å². The van der Waals surface area contributed by atoms with E-state index in [1.54, 1.807) is 29.2 Å². The number of thiazole rings is 1. The summed E-state index contributed by atoms with van der Waals surface area (Å²) in [5, 5.41) is 5.92. The van der Waals surface area contributed by atoms with Crippen LogP contribution >= 0.6 is 35.3 Å². The maximum Gasteiger partial charge on any atom is 0.230 e. The molecule has 0 atom stereocenters. The van der Waals surface area contributed by atoms with Gasteiger partial charge in [-0.05, 0) is 51.3 Å². The van der Waals surface area contributed by atoms with Gasteiger partial charge in [-0.3, -0.25) is 14.5 Å². The zero-order chi connectivity index (χ0) is 19.8. The lowest BCUT2D eigenvalue weighted by atomic mass is 10.3. The third-order valence-corrected chi connectivity index (χ3v) is 5.00. The number of nitrogens with zero attached hydrogens (tertiary/aromatic N) is 3. The highest BCUT2D eigenvalue weighted by Gasteiger charge is 2.18. The smallest absolute Gasteiger partial charge is 0.230 e. The summed E-state index contributed by atoms with van der Waals surface area (Å²) >= 11 is 7.24.